The van der Waals surface area contributed by atoms with Crippen molar-refractivity contribution >= 4 is 23.2 Å². The lowest BCUT2D eigenvalue weighted by Crippen LogP contribution is -2.37. The van der Waals surface area contributed by atoms with Gasteiger partial charge < -0.3 is 10.6 Å². The fourth-order valence-corrected chi connectivity index (χ4v) is 1.57. The van der Waals surface area contributed by atoms with E-state index in [0.29, 0.717) is 23.7 Å². The Hall–Kier alpha value is -1.73. The lowest BCUT2D eigenvalue weighted by Gasteiger charge is -2.18. The van der Waals surface area contributed by atoms with Crippen LogP contribution in [0.4, 0.5) is 5.69 Å². The molecule has 102 valence electrons. The van der Waals surface area contributed by atoms with E-state index in [4.69, 9.17) is 16.9 Å². The molecular formula is C14H18ClN3O. The second-order valence-corrected chi connectivity index (χ2v) is 5.67. The summed E-state index contributed by atoms with van der Waals surface area (Å²) < 4.78 is 0. The number of benzene rings is 1. The monoisotopic (exact) mass is 279 g/mol. The van der Waals surface area contributed by atoms with Crippen molar-refractivity contribution in [2.24, 2.45) is 5.41 Å². The van der Waals surface area contributed by atoms with Crippen molar-refractivity contribution in [2.75, 3.05) is 18.4 Å². The Morgan fingerprint density at radius 2 is 2.05 bits per heavy atom. The number of hydrogen-bond acceptors (Lipinski definition) is 3. The van der Waals surface area contributed by atoms with Crippen molar-refractivity contribution in [3.63, 3.8) is 0 Å². The van der Waals surface area contributed by atoms with E-state index in [-0.39, 0.29) is 5.91 Å². The molecule has 0 spiro atoms. The van der Waals surface area contributed by atoms with Crippen LogP contribution in [0.5, 0.6) is 0 Å². The normalized spacial score (nSPS) is 10.7. The standard InChI is InChI=1S/C14H18ClN3O/c1-14(2,3)13(19)18-7-6-17-12-5-4-11(15)8-10(12)9-16/h4-5,8,17H,6-7H2,1-3H3,(H,18,19). The van der Waals surface area contributed by atoms with Gasteiger partial charge in [0.2, 0.25) is 5.91 Å². The Morgan fingerprint density at radius 1 is 1.37 bits per heavy atom. The van der Waals surface area contributed by atoms with Gasteiger partial charge in [-0.15, -0.1) is 0 Å². The van der Waals surface area contributed by atoms with Crippen LogP contribution >= 0.6 is 11.6 Å². The summed E-state index contributed by atoms with van der Waals surface area (Å²) in [5.41, 5.74) is 0.824. The minimum atomic E-state index is -0.391. The molecule has 0 aliphatic rings. The second-order valence-electron chi connectivity index (χ2n) is 5.23. The molecule has 5 heteroatoms. The molecule has 19 heavy (non-hydrogen) atoms. The quantitative estimate of drug-likeness (QED) is 0.833. The van der Waals surface area contributed by atoms with Crippen LogP contribution in [0.2, 0.25) is 5.02 Å². The number of carbonyl (C=O) groups is 1. The highest BCUT2D eigenvalue weighted by molar-refractivity contribution is 6.30. The molecule has 1 amide bonds. The third kappa shape index (κ3) is 4.80. The predicted octanol–water partition coefficient (Wildman–Crippen LogP) is 2.79. The van der Waals surface area contributed by atoms with E-state index in [1.807, 2.05) is 20.8 Å². The Balaban J connectivity index is 2.47. The molecular weight excluding hydrogens is 262 g/mol. The topological polar surface area (TPSA) is 64.9 Å². The summed E-state index contributed by atoms with van der Waals surface area (Å²) in [6, 6.07) is 7.16. The van der Waals surface area contributed by atoms with Gasteiger partial charge in [-0.05, 0) is 18.2 Å². The summed E-state index contributed by atoms with van der Waals surface area (Å²) >= 11 is 5.81. The minimum absolute atomic E-state index is 0.00547. The summed E-state index contributed by atoms with van der Waals surface area (Å²) in [6.07, 6.45) is 0. The molecule has 1 aromatic rings. The van der Waals surface area contributed by atoms with Gasteiger partial charge in [-0.25, -0.2) is 0 Å². The van der Waals surface area contributed by atoms with Crippen LogP contribution in [-0.4, -0.2) is 19.0 Å². The number of amides is 1. The lowest BCUT2D eigenvalue weighted by molar-refractivity contribution is -0.128. The maximum Gasteiger partial charge on any atom is 0.225 e. The molecule has 4 nitrogen and oxygen atoms in total. The maximum absolute atomic E-state index is 11.6. The molecule has 0 heterocycles. The van der Waals surface area contributed by atoms with Crippen molar-refractivity contribution < 1.29 is 4.79 Å². The molecule has 0 atom stereocenters. The summed E-state index contributed by atoms with van der Waals surface area (Å²) in [5, 5.41) is 15.4. The minimum Gasteiger partial charge on any atom is -0.382 e. The first kappa shape index (κ1) is 15.3. The van der Waals surface area contributed by atoms with E-state index in [1.54, 1.807) is 18.2 Å². The van der Waals surface area contributed by atoms with E-state index in [2.05, 4.69) is 16.7 Å². The van der Waals surface area contributed by atoms with Crippen LogP contribution in [-0.2, 0) is 4.79 Å². The van der Waals surface area contributed by atoms with Crippen molar-refractivity contribution in [1.82, 2.24) is 5.32 Å². The average Bonchev–Trinajstić information content (AvgIpc) is 2.34. The molecule has 0 saturated carbocycles. The molecule has 0 fully saturated rings. The Labute approximate surface area is 118 Å². The number of anilines is 1. The average molecular weight is 280 g/mol. The zero-order valence-corrected chi connectivity index (χ0v) is 12.1. The third-order valence-corrected chi connectivity index (χ3v) is 2.74. The van der Waals surface area contributed by atoms with Gasteiger partial charge in [0.25, 0.3) is 0 Å². The SMILES string of the molecule is CC(C)(C)C(=O)NCCNc1ccc(Cl)cc1C#N. The molecule has 2 N–H and O–H groups in total. The Bertz CT molecular complexity index is 500. The number of rotatable bonds is 4. The van der Waals surface area contributed by atoms with Gasteiger partial charge >= 0.3 is 0 Å². The highest BCUT2D eigenvalue weighted by Crippen LogP contribution is 2.19. The second kappa shape index (κ2) is 6.44. The van der Waals surface area contributed by atoms with Gasteiger partial charge in [0, 0.05) is 23.5 Å². The first-order valence-electron chi connectivity index (χ1n) is 6.06. The van der Waals surface area contributed by atoms with Crippen LogP contribution in [0.1, 0.15) is 26.3 Å². The van der Waals surface area contributed by atoms with Crippen LogP contribution in [0, 0.1) is 16.7 Å². The van der Waals surface area contributed by atoms with E-state index < -0.39 is 5.41 Å². The summed E-state index contributed by atoms with van der Waals surface area (Å²) in [5.74, 6) is 0.00547. The molecule has 0 aromatic heterocycles. The van der Waals surface area contributed by atoms with Gasteiger partial charge in [-0.3, -0.25) is 4.79 Å². The van der Waals surface area contributed by atoms with E-state index in [1.165, 1.54) is 0 Å². The van der Waals surface area contributed by atoms with E-state index in [9.17, 15) is 4.79 Å². The number of nitrogens with zero attached hydrogens (tertiary/aromatic N) is 1. The van der Waals surface area contributed by atoms with Gasteiger partial charge in [0.1, 0.15) is 6.07 Å². The van der Waals surface area contributed by atoms with E-state index in [0.717, 1.165) is 5.69 Å². The van der Waals surface area contributed by atoms with E-state index >= 15 is 0 Å². The molecule has 0 aliphatic heterocycles. The highest BCUT2D eigenvalue weighted by atomic mass is 35.5. The summed E-state index contributed by atoms with van der Waals surface area (Å²) in [7, 11) is 0. The zero-order chi connectivity index (χ0) is 14.5. The number of halogens is 1. The number of hydrogen-bond donors (Lipinski definition) is 2. The Kier molecular flexibility index (Phi) is 5.20. The molecule has 0 saturated heterocycles. The van der Waals surface area contributed by atoms with Gasteiger partial charge in [0.15, 0.2) is 0 Å². The van der Waals surface area contributed by atoms with Gasteiger partial charge in [-0.2, -0.15) is 5.26 Å². The molecule has 0 radical (unpaired) electrons. The van der Waals surface area contributed by atoms with Crippen LogP contribution in [0.3, 0.4) is 0 Å². The van der Waals surface area contributed by atoms with Crippen LogP contribution in [0.25, 0.3) is 0 Å². The number of carbonyl (C=O) groups excluding carboxylic acids is 1. The number of nitriles is 1. The fraction of sp³-hybridized carbons (Fsp3) is 0.429. The Morgan fingerprint density at radius 3 is 2.63 bits per heavy atom. The predicted molar refractivity (Wildman–Crippen MR) is 77.1 cm³/mol. The van der Waals surface area contributed by atoms with Gasteiger partial charge in [-0.1, -0.05) is 32.4 Å². The molecule has 1 aromatic carbocycles. The van der Waals surface area contributed by atoms with Crippen molar-refractivity contribution in [3.8, 4) is 6.07 Å². The maximum atomic E-state index is 11.6. The van der Waals surface area contributed by atoms with Crippen LogP contribution < -0.4 is 10.6 Å². The zero-order valence-electron chi connectivity index (χ0n) is 11.4. The lowest BCUT2D eigenvalue weighted by atomic mass is 9.96. The fourth-order valence-electron chi connectivity index (χ4n) is 1.40. The largest absolute Gasteiger partial charge is 0.382 e. The van der Waals surface area contributed by atoms with Crippen LogP contribution in [0.15, 0.2) is 18.2 Å². The molecule has 0 bridgehead atoms. The first-order valence-corrected chi connectivity index (χ1v) is 6.44. The molecule has 0 aliphatic carbocycles. The van der Waals surface area contributed by atoms with Crippen molar-refractivity contribution in [3.05, 3.63) is 28.8 Å². The first-order chi connectivity index (χ1) is 8.84. The molecule has 1 rings (SSSR count). The smallest absolute Gasteiger partial charge is 0.225 e. The van der Waals surface area contributed by atoms with Gasteiger partial charge in [0.05, 0.1) is 11.3 Å². The highest BCUT2D eigenvalue weighted by Gasteiger charge is 2.20. The molecule has 0 unspecified atom stereocenters. The summed E-state index contributed by atoms with van der Waals surface area (Å²) in [4.78, 5) is 11.6. The van der Waals surface area contributed by atoms with Crippen molar-refractivity contribution in [1.29, 1.82) is 5.26 Å². The summed E-state index contributed by atoms with van der Waals surface area (Å²) in [6.45, 7) is 6.65. The van der Waals surface area contributed by atoms with Crippen molar-refractivity contribution in [2.45, 2.75) is 20.8 Å². The third-order valence-electron chi connectivity index (χ3n) is 2.51. The number of nitrogens with one attached hydrogen (secondary N) is 2.